The summed E-state index contributed by atoms with van der Waals surface area (Å²) in [6, 6.07) is 2.22. The highest BCUT2D eigenvalue weighted by atomic mass is 16.8. The summed E-state index contributed by atoms with van der Waals surface area (Å²) >= 11 is 0. The van der Waals surface area contributed by atoms with Crippen LogP contribution in [0, 0.1) is 0 Å². The molecule has 0 radical (unpaired) electrons. The number of carbonyl (C=O) groups excluding carboxylic acids is 2. The van der Waals surface area contributed by atoms with Gasteiger partial charge in [-0.25, -0.2) is 15.0 Å². The van der Waals surface area contributed by atoms with E-state index in [2.05, 4.69) is 20.3 Å². The van der Waals surface area contributed by atoms with Crippen LogP contribution in [0.25, 0.3) is 17.2 Å². The van der Waals surface area contributed by atoms with Gasteiger partial charge in [0.1, 0.15) is 30.2 Å². The van der Waals surface area contributed by atoms with Crippen LogP contribution in [0.5, 0.6) is 11.5 Å². The van der Waals surface area contributed by atoms with Gasteiger partial charge in [0.15, 0.2) is 29.2 Å². The first-order valence-electron chi connectivity index (χ1n) is 10.9. The minimum absolute atomic E-state index is 0.0906. The van der Waals surface area contributed by atoms with Gasteiger partial charge in [-0.05, 0) is 23.8 Å². The zero-order chi connectivity index (χ0) is 27.6. The number of amides is 2. The van der Waals surface area contributed by atoms with Crippen molar-refractivity contribution < 1.29 is 45.2 Å². The van der Waals surface area contributed by atoms with Crippen LogP contribution in [0.4, 0.5) is 5.82 Å². The number of nitrogens with two attached hydrogens (primary N) is 1. The molecule has 1 aliphatic rings. The van der Waals surface area contributed by atoms with Gasteiger partial charge in [-0.2, -0.15) is 0 Å². The van der Waals surface area contributed by atoms with Gasteiger partial charge in [-0.3, -0.25) is 24.6 Å². The maximum absolute atomic E-state index is 12.5. The van der Waals surface area contributed by atoms with E-state index in [4.69, 9.17) is 20.9 Å². The number of nitrogen functional groups attached to an aromatic ring is 1. The topological polar surface area (TPSA) is 250 Å². The van der Waals surface area contributed by atoms with E-state index in [1.54, 1.807) is 0 Å². The monoisotopic (exact) mass is 529 g/mol. The fraction of sp³-hybridized carbons (Fsp3) is 0.227. The van der Waals surface area contributed by atoms with Crippen molar-refractivity contribution in [1.29, 1.82) is 0 Å². The third kappa shape index (κ3) is 5.24. The van der Waals surface area contributed by atoms with Gasteiger partial charge in [0.2, 0.25) is 0 Å². The van der Waals surface area contributed by atoms with Crippen molar-refractivity contribution in [3.63, 3.8) is 0 Å². The van der Waals surface area contributed by atoms with Gasteiger partial charge < -0.3 is 36.2 Å². The molecular formula is C22H23N7O9. The third-order valence-electron chi connectivity index (χ3n) is 5.61. The molecular weight excluding hydrogens is 506 g/mol. The standard InChI is InChI=1S/C22H23N7O9/c23-19-15-20(26-8-25-19)28(9-27-15)22-18(34)17(33)13(38-22)2-1-5-24-21(35)11-6-10(7-12(30)16(11)32)3-4-14(31)29(36)37/h1-4,6-9,13,17-18,22,30,32-34,36-37H,5H2,(H,24,35)(H2,23,25,26)/b2-1+,4-3+. The number of phenolic OH excluding ortho intramolecular Hbond substituents is 2. The molecule has 16 heteroatoms. The highest BCUT2D eigenvalue weighted by Crippen LogP contribution is 2.33. The largest absolute Gasteiger partial charge is 0.504 e. The van der Waals surface area contributed by atoms with Gasteiger partial charge >= 0.3 is 0 Å². The number of hydrogen-bond donors (Lipinski definition) is 8. The van der Waals surface area contributed by atoms with Crippen molar-refractivity contribution in [2.75, 3.05) is 12.3 Å². The molecule has 38 heavy (non-hydrogen) atoms. The highest BCUT2D eigenvalue weighted by molar-refractivity contribution is 5.99. The summed E-state index contributed by atoms with van der Waals surface area (Å²) < 4.78 is 7.18. The molecule has 4 rings (SSSR count). The lowest BCUT2D eigenvalue weighted by atomic mass is 10.1. The SMILES string of the molecule is Nc1ncnc2c1ncn2C1OC(/C=C/CNC(=O)c2cc(/C=C/C(=O)N(O)O)cc(O)c2O)C(O)C1O. The Kier molecular flexibility index (Phi) is 7.51. The predicted octanol–water partition coefficient (Wildman–Crippen LogP) is -0.955. The van der Waals surface area contributed by atoms with Crippen molar-refractivity contribution >= 4 is 34.9 Å². The van der Waals surface area contributed by atoms with Crippen molar-refractivity contribution in [3.8, 4) is 11.5 Å². The molecule has 0 bridgehead atoms. The zero-order valence-corrected chi connectivity index (χ0v) is 19.4. The normalized spacial score (nSPS) is 21.5. The van der Waals surface area contributed by atoms with Gasteiger partial charge in [-0.1, -0.05) is 17.4 Å². The Morgan fingerprint density at radius 1 is 1.16 bits per heavy atom. The fourth-order valence-electron chi connectivity index (χ4n) is 3.72. The summed E-state index contributed by atoms with van der Waals surface area (Å²) in [5.41, 5.74) is 6.18. The number of hydrogen-bond acceptors (Lipinski definition) is 13. The Balaban J connectivity index is 1.40. The number of carbonyl (C=O) groups is 2. The van der Waals surface area contributed by atoms with Crippen LogP contribution < -0.4 is 11.1 Å². The number of aliphatic hydroxyl groups excluding tert-OH is 2. The molecule has 1 aromatic carbocycles. The van der Waals surface area contributed by atoms with E-state index < -0.39 is 53.1 Å². The first kappa shape index (κ1) is 26.5. The van der Waals surface area contributed by atoms with Crippen molar-refractivity contribution in [2.24, 2.45) is 0 Å². The molecule has 4 unspecified atom stereocenters. The summed E-state index contributed by atoms with van der Waals surface area (Å²) in [5.74, 6) is -3.19. The van der Waals surface area contributed by atoms with Crippen LogP contribution in [-0.4, -0.2) is 92.3 Å². The average molecular weight is 529 g/mol. The van der Waals surface area contributed by atoms with Crippen LogP contribution in [0.15, 0.2) is 43.0 Å². The minimum atomic E-state index is -1.33. The number of anilines is 1. The summed E-state index contributed by atoms with van der Waals surface area (Å²) in [6.07, 6.45) is 2.68. The molecule has 1 aliphatic heterocycles. The number of aromatic hydroxyl groups is 2. The number of hydroxylamine groups is 2. The van der Waals surface area contributed by atoms with E-state index >= 15 is 0 Å². The molecule has 2 amide bonds. The van der Waals surface area contributed by atoms with E-state index in [9.17, 15) is 30.0 Å². The lowest BCUT2D eigenvalue weighted by Crippen LogP contribution is -2.31. The van der Waals surface area contributed by atoms with E-state index in [-0.39, 0.29) is 23.5 Å². The second kappa shape index (κ2) is 10.8. The Labute approximate surface area is 213 Å². The first-order chi connectivity index (χ1) is 18.1. The molecule has 4 atom stereocenters. The lowest BCUT2D eigenvalue weighted by molar-refractivity contribution is -0.280. The molecule has 9 N–H and O–H groups in total. The number of phenols is 2. The molecule has 0 aliphatic carbocycles. The predicted molar refractivity (Wildman–Crippen MR) is 126 cm³/mol. The van der Waals surface area contributed by atoms with E-state index in [0.29, 0.717) is 11.2 Å². The number of nitrogens with one attached hydrogen (secondary N) is 1. The Bertz CT molecular complexity index is 1420. The lowest BCUT2D eigenvalue weighted by Gasteiger charge is -2.16. The second-order valence-electron chi connectivity index (χ2n) is 8.09. The van der Waals surface area contributed by atoms with Crippen LogP contribution in [-0.2, 0) is 9.53 Å². The van der Waals surface area contributed by atoms with E-state index in [1.807, 2.05) is 0 Å². The number of imidazole rings is 1. The number of aromatic nitrogens is 4. The van der Waals surface area contributed by atoms with Crippen LogP contribution >= 0.6 is 0 Å². The van der Waals surface area contributed by atoms with Gasteiger partial charge in [0.05, 0.1) is 11.9 Å². The zero-order valence-electron chi connectivity index (χ0n) is 19.4. The molecule has 16 nitrogen and oxygen atoms in total. The summed E-state index contributed by atoms with van der Waals surface area (Å²) in [6.45, 7) is -0.0906. The summed E-state index contributed by atoms with van der Waals surface area (Å²) in [7, 11) is 0. The third-order valence-corrected chi connectivity index (χ3v) is 5.61. The molecule has 3 aromatic rings. The maximum Gasteiger partial charge on any atom is 0.296 e. The molecule has 0 saturated carbocycles. The molecule has 1 fully saturated rings. The van der Waals surface area contributed by atoms with Crippen LogP contribution in [0.2, 0.25) is 0 Å². The van der Waals surface area contributed by atoms with Gasteiger partial charge in [0, 0.05) is 12.6 Å². The molecule has 0 spiro atoms. The van der Waals surface area contributed by atoms with Crippen LogP contribution in [0.1, 0.15) is 22.1 Å². The first-order valence-corrected chi connectivity index (χ1v) is 10.9. The Morgan fingerprint density at radius 2 is 1.92 bits per heavy atom. The number of nitrogens with zero attached hydrogens (tertiary/aromatic N) is 5. The molecule has 3 heterocycles. The van der Waals surface area contributed by atoms with E-state index in [0.717, 1.165) is 24.3 Å². The summed E-state index contributed by atoms with van der Waals surface area (Å²) in [4.78, 5) is 35.8. The van der Waals surface area contributed by atoms with E-state index in [1.165, 1.54) is 29.4 Å². The maximum atomic E-state index is 12.5. The number of fused-ring (bicyclic) bond motifs is 1. The Hall–Kier alpha value is -4.61. The Morgan fingerprint density at radius 3 is 2.66 bits per heavy atom. The number of benzene rings is 1. The van der Waals surface area contributed by atoms with Gasteiger partial charge in [-0.15, -0.1) is 0 Å². The van der Waals surface area contributed by atoms with Crippen molar-refractivity contribution in [2.45, 2.75) is 24.5 Å². The van der Waals surface area contributed by atoms with Crippen molar-refractivity contribution in [1.82, 2.24) is 30.1 Å². The molecule has 200 valence electrons. The number of rotatable bonds is 7. The fourth-order valence-corrected chi connectivity index (χ4v) is 3.72. The van der Waals surface area contributed by atoms with Crippen molar-refractivity contribution in [3.05, 3.63) is 54.1 Å². The number of aliphatic hydroxyl groups is 2. The smallest absolute Gasteiger partial charge is 0.296 e. The highest BCUT2D eigenvalue weighted by Gasteiger charge is 2.43. The average Bonchev–Trinajstić information content (AvgIpc) is 3.43. The van der Waals surface area contributed by atoms with Crippen LogP contribution in [0.3, 0.4) is 0 Å². The minimum Gasteiger partial charge on any atom is -0.504 e. The number of ether oxygens (including phenoxy) is 1. The molecule has 1 saturated heterocycles. The second-order valence-corrected chi connectivity index (χ2v) is 8.09. The molecule has 2 aromatic heterocycles. The summed E-state index contributed by atoms with van der Waals surface area (Å²) in [5, 5.41) is 60.0. The van der Waals surface area contributed by atoms with Gasteiger partial charge in [0.25, 0.3) is 11.8 Å². The quantitative estimate of drug-likeness (QED) is 0.0605.